The van der Waals surface area contributed by atoms with E-state index in [9.17, 15) is 0 Å². The molecule has 0 fully saturated rings. The lowest BCUT2D eigenvalue weighted by Crippen LogP contribution is -1.95. The summed E-state index contributed by atoms with van der Waals surface area (Å²) >= 11 is 5.40. The minimum absolute atomic E-state index is 0.722. The molecule has 2 aromatic heterocycles. The molecule has 0 saturated heterocycles. The molecule has 180 valence electrons. The van der Waals surface area contributed by atoms with Crippen LogP contribution >= 0.6 is 27.3 Å². The van der Waals surface area contributed by atoms with Crippen molar-refractivity contribution in [3.8, 4) is 45.0 Å². The molecule has 7 rings (SSSR count). The van der Waals surface area contributed by atoms with Crippen molar-refractivity contribution >= 4 is 47.4 Å². The smallest absolute Gasteiger partial charge is 0.160 e. The zero-order valence-electron chi connectivity index (χ0n) is 20.3. The Morgan fingerprint density at radius 3 is 1.84 bits per heavy atom. The molecular weight excluding hydrogens is 548 g/mol. The lowest BCUT2D eigenvalue weighted by atomic mass is 10.00. The molecule has 0 atom stereocenters. The fourth-order valence-corrected chi connectivity index (χ4v) is 6.38. The number of hydrogen-bond acceptors (Lipinski definition) is 3. The van der Waals surface area contributed by atoms with Crippen LogP contribution in [0.25, 0.3) is 65.2 Å². The standard InChI is InChI=1S/C34H21BrN2S/c35-26-19-17-24(18-20-26)31-21-30(36-34(37-31)25-7-2-1-3-8-25)23-15-13-22(14-16-23)27-10-6-11-29-28-9-4-5-12-32(28)38-33(27)29/h1-21H. The predicted molar refractivity (Wildman–Crippen MR) is 164 cm³/mol. The fraction of sp³-hybridized carbons (Fsp3) is 0. The lowest BCUT2D eigenvalue weighted by Gasteiger charge is -2.10. The van der Waals surface area contributed by atoms with Crippen molar-refractivity contribution in [3.05, 3.63) is 132 Å². The summed E-state index contributed by atoms with van der Waals surface area (Å²) in [4.78, 5) is 9.90. The molecule has 4 heteroatoms. The van der Waals surface area contributed by atoms with Crippen molar-refractivity contribution in [1.29, 1.82) is 0 Å². The summed E-state index contributed by atoms with van der Waals surface area (Å²) < 4.78 is 3.69. The third kappa shape index (κ3) is 4.22. The van der Waals surface area contributed by atoms with E-state index in [1.165, 1.54) is 31.3 Å². The second-order valence-electron chi connectivity index (χ2n) is 9.19. The molecule has 0 N–H and O–H groups in total. The van der Waals surface area contributed by atoms with E-state index in [2.05, 4.69) is 113 Å². The number of fused-ring (bicyclic) bond motifs is 3. The average Bonchev–Trinajstić information content (AvgIpc) is 3.37. The first-order valence-corrected chi connectivity index (χ1v) is 14.1. The largest absolute Gasteiger partial charge is 0.228 e. The maximum absolute atomic E-state index is 4.98. The van der Waals surface area contributed by atoms with Gasteiger partial charge in [-0.3, -0.25) is 0 Å². The Hall–Kier alpha value is -4.12. The highest BCUT2D eigenvalue weighted by Gasteiger charge is 2.13. The van der Waals surface area contributed by atoms with Gasteiger partial charge in [-0.25, -0.2) is 9.97 Å². The number of nitrogens with zero attached hydrogens (tertiary/aromatic N) is 2. The summed E-state index contributed by atoms with van der Waals surface area (Å²) in [6, 6.07) is 44.5. The van der Waals surface area contributed by atoms with Crippen molar-refractivity contribution in [3.63, 3.8) is 0 Å². The highest BCUT2D eigenvalue weighted by molar-refractivity contribution is 9.10. The van der Waals surface area contributed by atoms with Crippen LogP contribution in [-0.4, -0.2) is 9.97 Å². The number of rotatable bonds is 4. The zero-order chi connectivity index (χ0) is 25.5. The van der Waals surface area contributed by atoms with Crippen molar-refractivity contribution < 1.29 is 0 Å². The molecule has 0 unspecified atom stereocenters. The first-order chi connectivity index (χ1) is 18.7. The molecule has 0 aliphatic rings. The molecular formula is C34H21BrN2S. The van der Waals surface area contributed by atoms with Gasteiger partial charge in [-0.2, -0.15) is 0 Å². The zero-order valence-corrected chi connectivity index (χ0v) is 22.7. The lowest BCUT2D eigenvalue weighted by molar-refractivity contribution is 1.18. The highest BCUT2D eigenvalue weighted by Crippen LogP contribution is 2.40. The number of hydrogen-bond donors (Lipinski definition) is 0. The summed E-state index contributed by atoms with van der Waals surface area (Å²) in [5, 5.41) is 2.63. The van der Waals surface area contributed by atoms with E-state index < -0.39 is 0 Å². The van der Waals surface area contributed by atoms with E-state index in [1.54, 1.807) is 0 Å². The van der Waals surface area contributed by atoms with Gasteiger partial charge in [0.1, 0.15) is 0 Å². The second kappa shape index (κ2) is 9.64. The Bertz CT molecular complexity index is 1910. The number of halogens is 1. The number of aromatic nitrogens is 2. The number of thiophene rings is 1. The summed E-state index contributed by atoms with van der Waals surface area (Å²) in [6.45, 7) is 0. The van der Waals surface area contributed by atoms with Gasteiger partial charge >= 0.3 is 0 Å². The second-order valence-corrected chi connectivity index (χ2v) is 11.2. The molecule has 0 spiro atoms. The Morgan fingerprint density at radius 2 is 1.11 bits per heavy atom. The van der Waals surface area contributed by atoms with Gasteiger partial charge in [-0.05, 0) is 35.4 Å². The highest BCUT2D eigenvalue weighted by atomic mass is 79.9. The van der Waals surface area contributed by atoms with Crippen LogP contribution < -0.4 is 0 Å². The van der Waals surface area contributed by atoms with Crippen molar-refractivity contribution in [2.24, 2.45) is 0 Å². The number of benzene rings is 5. The molecule has 0 saturated carbocycles. The van der Waals surface area contributed by atoms with Crippen LogP contribution in [-0.2, 0) is 0 Å². The maximum Gasteiger partial charge on any atom is 0.160 e. The molecule has 0 radical (unpaired) electrons. The summed E-state index contributed by atoms with van der Waals surface area (Å²) in [5.74, 6) is 0.722. The minimum Gasteiger partial charge on any atom is -0.228 e. The first kappa shape index (κ1) is 23.0. The third-order valence-electron chi connectivity index (χ3n) is 6.79. The van der Waals surface area contributed by atoms with Crippen LogP contribution in [0.5, 0.6) is 0 Å². The van der Waals surface area contributed by atoms with Crippen LogP contribution in [0.1, 0.15) is 0 Å². The topological polar surface area (TPSA) is 25.8 Å². The van der Waals surface area contributed by atoms with Gasteiger partial charge in [0, 0.05) is 41.3 Å². The van der Waals surface area contributed by atoms with E-state index in [1.807, 2.05) is 41.7 Å². The van der Waals surface area contributed by atoms with E-state index in [-0.39, 0.29) is 0 Å². The SMILES string of the molecule is Brc1ccc(-c2cc(-c3ccc(-c4cccc5c4sc4ccccc45)cc3)nc(-c3ccccc3)n2)cc1. The minimum atomic E-state index is 0.722. The van der Waals surface area contributed by atoms with Crippen LogP contribution in [0.3, 0.4) is 0 Å². The normalized spacial score (nSPS) is 11.3. The maximum atomic E-state index is 4.98. The van der Waals surface area contributed by atoms with E-state index in [0.29, 0.717) is 0 Å². The van der Waals surface area contributed by atoms with Gasteiger partial charge in [0.15, 0.2) is 5.82 Å². The van der Waals surface area contributed by atoms with Crippen molar-refractivity contribution in [2.45, 2.75) is 0 Å². The molecule has 0 aliphatic carbocycles. The van der Waals surface area contributed by atoms with E-state index in [0.717, 1.165) is 38.4 Å². The quantitative estimate of drug-likeness (QED) is 0.211. The monoisotopic (exact) mass is 568 g/mol. The summed E-state index contributed by atoms with van der Waals surface area (Å²) in [5.41, 5.74) is 7.40. The van der Waals surface area contributed by atoms with Gasteiger partial charge in [-0.1, -0.05) is 119 Å². The van der Waals surface area contributed by atoms with E-state index in [4.69, 9.17) is 9.97 Å². The predicted octanol–water partition coefficient (Wildman–Crippen LogP) is 10.3. The van der Waals surface area contributed by atoms with Gasteiger partial charge in [0.2, 0.25) is 0 Å². The van der Waals surface area contributed by atoms with Gasteiger partial charge in [0.05, 0.1) is 11.4 Å². The third-order valence-corrected chi connectivity index (χ3v) is 8.54. The van der Waals surface area contributed by atoms with Crippen LogP contribution in [0, 0.1) is 0 Å². The van der Waals surface area contributed by atoms with Gasteiger partial charge in [-0.15, -0.1) is 11.3 Å². The Labute approximate surface area is 233 Å². The fourth-order valence-electron chi connectivity index (χ4n) is 4.88. The summed E-state index contributed by atoms with van der Waals surface area (Å²) in [6.07, 6.45) is 0. The Kier molecular flexibility index (Phi) is 5.84. The Morgan fingerprint density at radius 1 is 0.500 bits per heavy atom. The summed E-state index contributed by atoms with van der Waals surface area (Å²) in [7, 11) is 0. The van der Waals surface area contributed by atoms with Crippen LogP contribution in [0.15, 0.2) is 132 Å². The molecule has 0 aliphatic heterocycles. The van der Waals surface area contributed by atoms with Crippen LogP contribution in [0.2, 0.25) is 0 Å². The van der Waals surface area contributed by atoms with Crippen LogP contribution in [0.4, 0.5) is 0 Å². The average molecular weight is 570 g/mol. The van der Waals surface area contributed by atoms with Crippen molar-refractivity contribution in [1.82, 2.24) is 9.97 Å². The van der Waals surface area contributed by atoms with Crippen molar-refractivity contribution in [2.75, 3.05) is 0 Å². The molecule has 38 heavy (non-hydrogen) atoms. The molecule has 0 bridgehead atoms. The molecule has 2 heterocycles. The first-order valence-electron chi connectivity index (χ1n) is 12.4. The molecule has 2 nitrogen and oxygen atoms in total. The molecule has 0 amide bonds. The Balaban J connectivity index is 1.33. The van der Waals surface area contributed by atoms with Gasteiger partial charge in [0.25, 0.3) is 0 Å². The van der Waals surface area contributed by atoms with E-state index >= 15 is 0 Å². The molecule has 5 aromatic carbocycles. The van der Waals surface area contributed by atoms with Gasteiger partial charge < -0.3 is 0 Å². The molecule has 7 aromatic rings.